The number of Topliss-reactive ketones (excluding diaryl/α,β-unsaturated/α-hetero) is 1. The van der Waals surface area contributed by atoms with E-state index in [0.717, 1.165) is 0 Å². The smallest absolute Gasteiger partial charge is 0.312 e. The van der Waals surface area contributed by atoms with E-state index in [1.165, 1.54) is 23.7 Å². The lowest BCUT2D eigenvalue weighted by Gasteiger charge is -2.24. The minimum Gasteiger partial charge on any atom is -0.359 e. The average molecular weight is 528 g/mol. The number of likely N-dealkylation sites (tertiary alicyclic amines) is 1. The van der Waals surface area contributed by atoms with Crippen molar-refractivity contribution in [2.45, 2.75) is 76.5 Å². The maximum atomic E-state index is 13.0. The van der Waals surface area contributed by atoms with Gasteiger partial charge in [-0.15, -0.1) is 0 Å². The molecule has 0 radical (unpaired) electrons. The Bertz CT molecular complexity index is 806. The van der Waals surface area contributed by atoms with Gasteiger partial charge in [0, 0.05) is 45.3 Å². The molecule has 36 heavy (non-hydrogen) atoms. The number of rotatable bonds is 17. The standard InChI is InChI=1S/C24H41N5O6S/c1-15(2)21(17(30)13-16(22(33)26-3)9-8-11-27-24(25)35)28-19(31)10-6-5-7-12-29-20(32)14-18(36-4)23(29)34/h15-16,18,21H,5-14H2,1-4H3,(H,26,33)(H,28,31)(H3,25,27,35)/t16-,18?,21?/m1/s1. The van der Waals surface area contributed by atoms with Crippen LogP contribution in [0.3, 0.4) is 0 Å². The van der Waals surface area contributed by atoms with Crippen LogP contribution in [0.15, 0.2) is 0 Å². The predicted octanol–water partition coefficient (Wildman–Crippen LogP) is 0.948. The number of hydrogen-bond acceptors (Lipinski definition) is 7. The van der Waals surface area contributed by atoms with E-state index in [1.54, 1.807) is 0 Å². The van der Waals surface area contributed by atoms with Gasteiger partial charge in [-0.05, 0) is 37.9 Å². The zero-order valence-electron chi connectivity index (χ0n) is 21.8. The summed E-state index contributed by atoms with van der Waals surface area (Å²) in [7, 11) is 1.50. The second kappa shape index (κ2) is 16.2. The van der Waals surface area contributed by atoms with Crippen LogP contribution in [0.1, 0.15) is 65.2 Å². The Morgan fingerprint density at radius 3 is 2.36 bits per heavy atom. The highest BCUT2D eigenvalue weighted by molar-refractivity contribution is 8.00. The molecule has 3 atom stereocenters. The molecule has 1 aliphatic rings. The molecule has 0 aliphatic carbocycles. The average Bonchev–Trinajstić information content (AvgIpc) is 3.10. The highest BCUT2D eigenvalue weighted by Crippen LogP contribution is 2.23. The lowest BCUT2D eigenvalue weighted by Crippen LogP contribution is -2.45. The van der Waals surface area contributed by atoms with Crippen molar-refractivity contribution < 1.29 is 28.8 Å². The number of nitrogens with two attached hydrogens (primary N) is 1. The monoisotopic (exact) mass is 527 g/mol. The Hall–Kier alpha value is -2.63. The summed E-state index contributed by atoms with van der Waals surface area (Å²) in [5, 5.41) is 7.54. The highest BCUT2D eigenvalue weighted by Gasteiger charge is 2.37. The van der Waals surface area contributed by atoms with Gasteiger partial charge in [-0.1, -0.05) is 20.3 Å². The van der Waals surface area contributed by atoms with Crippen LogP contribution in [-0.2, 0) is 24.0 Å². The van der Waals surface area contributed by atoms with E-state index in [1.807, 2.05) is 20.1 Å². The molecule has 0 bridgehead atoms. The number of unbranched alkanes of at least 4 members (excludes halogenated alkanes) is 2. The number of primary amides is 1. The lowest BCUT2D eigenvalue weighted by molar-refractivity contribution is -0.138. The molecule has 0 aromatic heterocycles. The van der Waals surface area contributed by atoms with Gasteiger partial charge in [-0.2, -0.15) is 11.8 Å². The Balaban J connectivity index is 2.49. The van der Waals surface area contributed by atoms with Crippen LogP contribution >= 0.6 is 11.8 Å². The topological polar surface area (TPSA) is 168 Å². The van der Waals surface area contributed by atoms with Gasteiger partial charge in [0.2, 0.25) is 23.6 Å². The zero-order valence-corrected chi connectivity index (χ0v) is 22.6. The molecule has 5 N–H and O–H groups in total. The van der Waals surface area contributed by atoms with E-state index in [0.29, 0.717) is 45.2 Å². The molecule has 0 aromatic rings. The first-order valence-electron chi connectivity index (χ1n) is 12.5. The summed E-state index contributed by atoms with van der Waals surface area (Å²) < 4.78 is 0. The number of imide groups is 1. The van der Waals surface area contributed by atoms with E-state index in [2.05, 4.69) is 16.0 Å². The molecular weight excluding hydrogens is 486 g/mol. The van der Waals surface area contributed by atoms with E-state index >= 15 is 0 Å². The van der Waals surface area contributed by atoms with Crippen molar-refractivity contribution in [3.8, 4) is 0 Å². The van der Waals surface area contributed by atoms with Crippen molar-refractivity contribution in [1.29, 1.82) is 0 Å². The van der Waals surface area contributed by atoms with Gasteiger partial charge >= 0.3 is 6.03 Å². The van der Waals surface area contributed by atoms with Crippen LogP contribution in [0, 0.1) is 11.8 Å². The van der Waals surface area contributed by atoms with Gasteiger partial charge in [0.1, 0.15) is 0 Å². The number of hydrogen-bond donors (Lipinski definition) is 4. The molecule has 204 valence electrons. The van der Waals surface area contributed by atoms with Crippen molar-refractivity contribution in [1.82, 2.24) is 20.9 Å². The second-order valence-corrected chi connectivity index (χ2v) is 10.4. The van der Waals surface area contributed by atoms with Crippen LogP contribution in [-0.4, -0.2) is 78.0 Å². The Morgan fingerprint density at radius 1 is 1.11 bits per heavy atom. The Kier molecular flexibility index (Phi) is 14.1. The van der Waals surface area contributed by atoms with Gasteiger partial charge in [0.25, 0.3) is 0 Å². The van der Waals surface area contributed by atoms with Crippen molar-refractivity contribution >= 4 is 47.2 Å². The Labute approximate surface area is 217 Å². The van der Waals surface area contributed by atoms with Crippen LogP contribution < -0.4 is 21.7 Å². The third-order valence-corrected chi connectivity index (χ3v) is 7.13. The third kappa shape index (κ3) is 10.5. The van der Waals surface area contributed by atoms with Crippen molar-refractivity contribution in [3.63, 3.8) is 0 Å². The fourth-order valence-corrected chi connectivity index (χ4v) is 4.77. The molecular formula is C24H41N5O6S. The number of nitrogens with one attached hydrogen (secondary N) is 3. The number of amides is 6. The fourth-order valence-electron chi connectivity index (χ4n) is 4.13. The normalized spacial score (nSPS) is 17.1. The minimum atomic E-state index is -0.711. The molecule has 12 heteroatoms. The Morgan fingerprint density at radius 2 is 1.81 bits per heavy atom. The molecule has 6 amide bonds. The molecule has 0 saturated carbocycles. The molecule has 1 aliphatic heterocycles. The summed E-state index contributed by atoms with van der Waals surface area (Å²) in [5.41, 5.74) is 5.04. The van der Waals surface area contributed by atoms with Crippen LogP contribution in [0.5, 0.6) is 0 Å². The molecule has 1 saturated heterocycles. The summed E-state index contributed by atoms with van der Waals surface area (Å²) in [5.74, 6) is -1.74. The van der Waals surface area contributed by atoms with Crippen LogP contribution in [0.4, 0.5) is 4.79 Å². The zero-order chi connectivity index (χ0) is 27.3. The summed E-state index contributed by atoms with van der Waals surface area (Å²) in [6.45, 7) is 4.33. The van der Waals surface area contributed by atoms with Crippen LogP contribution in [0.2, 0.25) is 0 Å². The van der Waals surface area contributed by atoms with E-state index in [4.69, 9.17) is 5.73 Å². The first-order valence-corrected chi connectivity index (χ1v) is 13.7. The summed E-state index contributed by atoms with van der Waals surface area (Å²) in [6, 6.07) is -1.36. The third-order valence-electron chi connectivity index (χ3n) is 6.20. The van der Waals surface area contributed by atoms with Crippen molar-refractivity contribution in [2.75, 3.05) is 26.4 Å². The molecule has 11 nitrogen and oxygen atoms in total. The molecule has 0 spiro atoms. The van der Waals surface area contributed by atoms with E-state index in [-0.39, 0.29) is 59.8 Å². The predicted molar refractivity (Wildman–Crippen MR) is 138 cm³/mol. The largest absolute Gasteiger partial charge is 0.359 e. The molecule has 1 rings (SSSR count). The van der Waals surface area contributed by atoms with Crippen LogP contribution in [0.25, 0.3) is 0 Å². The summed E-state index contributed by atoms with van der Waals surface area (Å²) in [6.07, 6.45) is 5.01. The van der Waals surface area contributed by atoms with Gasteiger partial charge < -0.3 is 21.7 Å². The summed E-state index contributed by atoms with van der Waals surface area (Å²) >= 11 is 1.38. The number of ketones is 1. The SMILES string of the molecule is CNC(=O)[C@H](CCCNC(N)=O)CC(=O)C(NC(=O)CCCCCN1C(=O)CC(SC)C1=O)C(C)C. The van der Waals surface area contributed by atoms with Crippen molar-refractivity contribution in [2.24, 2.45) is 17.6 Å². The maximum absolute atomic E-state index is 13.0. The first-order chi connectivity index (χ1) is 17.0. The molecule has 2 unspecified atom stereocenters. The quantitative estimate of drug-likeness (QED) is 0.161. The van der Waals surface area contributed by atoms with Gasteiger partial charge in [-0.3, -0.25) is 28.9 Å². The van der Waals surface area contributed by atoms with E-state index in [9.17, 15) is 28.8 Å². The molecule has 1 heterocycles. The van der Waals surface area contributed by atoms with Gasteiger partial charge in [0.05, 0.1) is 11.3 Å². The number of carbonyl (C=O) groups excluding carboxylic acids is 6. The van der Waals surface area contributed by atoms with Gasteiger partial charge in [0.15, 0.2) is 5.78 Å². The lowest BCUT2D eigenvalue weighted by atomic mass is 9.89. The fraction of sp³-hybridized carbons (Fsp3) is 0.750. The first kappa shape index (κ1) is 31.4. The van der Waals surface area contributed by atoms with Gasteiger partial charge in [-0.25, -0.2) is 4.79 Å². The maximum Gasteiger partial charge on any atom is 0.312 e. The summed E-state index contributed by atoms with van der Waals surface area (Å²) in [4.78, 5) is 74.0. The minimum absolute atomic E-state index is 0.0195. The number of carbonyl (C=O) groups is 6. The number of thioether (sulfide) groups is 1. The molecule has 1 fully saturated rings. The number of urea groups is 1. The second-order valence-electron chi connectivity index (χ2n) is 9.33. The number of nitrogens with zero attached hydrogens (tertiary/aromatic N) is 1. The van der Waals surface area contributed by atoms with Crippen molar-refractivity contribution in [3.05, 3.63) is 0 Å². The molecule has 0 aromatic carbocycles. The highest BCUT2D eigenvalue weighted by atomic mass is 32.2. The van der Waals surface area contributed by atoms with E-state index < -0.39 is 18.0 Å².